The highest BCUT2D eigenvalue weighted by atomic mass is 35.5. The number of carbonyl (C=O) groups excluding carboxylic acids is 1. The Morgan fingerprint density at radius 1 is 0.543 bits per heavy atom. The lowest BCUT2D eigenvalue weighted by Gasteiger charge is -2.04. The fraction of sp³-hybridized carbons (Fsp3) is 0.594. The van der Waals surface area contributed by atoms with Crippen LogP contribution < -0.4 is 5.32 Å². The first-order valence-electron chi connectivity index (χ1n) is 13.4. The summed E-state index contributed by atoms with van der Waals surface area (Å²) in [6.45, 7) is 16.0. The van der Waals surface area contributed by atoms with Gasteiger partial charge in [-0.3, -0.25) is 4.79 Å². The van der Waals surface area contributed by atoms with Crippen molar-refractivity contribution in [3.8, 4) is 0 Å². The molecule has 0 atom stereocenters. The van der Waals surface area contributed by atoms with E-state index in [9.17, 15) is 4.79 Å². The molecule has 0 aromatic rings. The number of hydrogen-bond donors (Lipinski definition) is 1. The van der Waals surface area contributed by atoms with Crippen LogP contribution in [0, 0.1) is 0 Å². The lowest BCUT2D eigenvalue weighted by atomic mass is 10.0. The van der Waals surface area contributed by atoms with E-state index in [1.54, 1.807) is 0 Å². The SMILES string of the molecule is CC(C)=CCC/C(C)=C/CC/C(C)=C/CC/C=C(\C)CC/C=C(\C)CC/C=C(\C)CNC(=O)CCl. The van der Waals surface area contributed by atoms with Crippen molar-refractivity contribution in [1.29, 1.82) is 0 Å². The van der Waals surface area contributed by atoms with Crippen LogP contribution in [0.1, 0.15) is 113 Å². The Bertz CT molecular complexity index is 788. The third kappa shape index (κ3) is 22.4. The van der Waals surface area contributed by atoms with Gasteiger partial charge in [0.2, 0.25) is 5.91 Å². The van der Waals surface area contributed by atoms with Crippen LogP contribution in [0.3, 0.4) is 0 Å². The highest BCUT2D eigenvalue weighted by Crippen LogP contribution is 2.14. The van der Waals surface area contributed by atoms with E-state index in [-0.39, 0.29) is 11.8 Å². The molecule has 1 amide bonds. The number of amides is 1. The number of carbonyl (C=O) groups is 1. The summed E-state index contributed by atoms with van der Waals surface area (Å²) in [4.78, 5) is 11.2. The Balaban J connectivity index is 4.11. The molecule has 0 aliphatic carbocycles. The molecule has 0 aliphatic heterocycles. The first kappa shape index (κ1) is 33.2. The normalized spacial score (nSPS) is 13.8. The smallest absolute Gasteiger partial charge is 0.235 e. The van der Waals surface area contributed by atoms with Gasteiger partial charge in [0, 0.05) is 6.54 Å². The van der Waals surface area contributed by atoms with Gasteiger partial charge in [0.1, 0.15) is 5.88 Å². The number of alkyl halides is 1. The zero-order chi connectivity index (χ0) is 26.5. The van der Waals surface area contributed by atoms with Crippen molar-refractivity contribution in [3.63, 3.8) is 0 Å². The van der Waals surface area contributed by atoms with Gasteiger partial charge in [-0.15, -0.1) is 11.6 Å². The largest absolute Gasteiger partial charge is 0.351 e. The highest BCUT2D eigenvalue weighted by Gasteiger charge is 1.98. The maximum atomic E-state index is 11.2. The topological polar surface area (TPSA) is 29.1 Å². The first-order valence-corrected chi connectivity index (χ1v) is 13.9. The highest BCUT2D eigenvalue weighted by molar-refractivity contribution is 6.27. The number of rotatable bonds is 18. The molecule has 0 unspecified atom stereocenters. The van der Waals surface area contributed by atoms with Crippen molar-refractivity contribution in [2.24, 2.45) is 0 Å². The van der Waals surface area contributed by atoms with Crippen LogP contribution in [0.2, 0.25) is 0 Å². The fourth-order valence-corrected chi connectivity index (χ4v) is 3.75. The predicted octanol–water partition coefficient (Wildman–Crippen LogP) is 9.94. The minimum Gasteiger partial charge on any atom is -0.351 e. The zero-order valence-corrected chi connectivity index (χ0v) is 24.5. The molecule has 0 bridgehead atoms. The summed E-state index contributed by atoms with van der Waals surface area (Å²) in [6, 6.07) is 0. The van der Waals surface area contributed by atoms with Gasteiger partial charge < -0.3 is 5.32 Å². The summed E-state index contributed by atoms with van der Waals surface area (Å²) in [5.74, 6) is -0.0941. The summed E-state index contributed by atoms with van der Waals surface area (Å²) in [5.41, 5.74) is 8.54. The average Bonchev–Trinajstić information content (AvgIpc) is 2.80. The van der Waals surface area contributed by atoms with Crippen molar-refractivity contribution < 1.29 is 4.79 Å². The van der Waals surface area contributed by atoms with E-state index in [0.29, 0.717) is 6.54 Å². The molecule has 35 heavy (non-hydrogen) atoms. The van der Waals surface area contributed by atoms with Crippen LogP contribution >= 0.6 is 11.6 Å². The van der Waals surface area contributed by atoms with E-state index in [1.165, 1.54) is 46.3 Å². The number of halogens is 1. The van der Waals surface area contributed by atoms with Crippen molar-refractivity contribution >= 4 is 17.5 Å². The molecule has 0 aliphatic rings. The van der Waals surface area contributed by atoms with E-state index in [4.69, 9.17) is 11.6 Å². The predicted molar refractivity (Wildman–Crippen MR) is 158 cm³/mol. The molecule has 1 N–H and O–H groups in total. The Morgan fingerprint density at radius 3 is 1.26 bits per heavy atom. The second-order valence-electron chi connectivity index (χ2n) is 10.2. The molecule has 0 aromatic heterocycles. The Labute approximate surface area is 222 Å². The fourth-order valence-electron chi connectivity index (χ4n) is 3.65. The molecule has 198 valence electrons. The van der Waals surface area contributed by atoms with Crippen LogP contribution in [-0.4, -0.2) is 18.3 Å². The zero-order valence-electron chi connectivity index (χ0n) is 23.7. The van der Waals surface area contributed by atoms with Crippen molar-refractivity contribution in [1.82, 2.24) is 5.32 Å². The average molecular weight is 502 g/mol. The lowest BCUT2D eigenvalue weighted by molar-refractivity contribution is -0.118. The van der Waals surface area contributed by atoms with E-state index in [0.717, 1.165) is 51.4 Å². The Morgan fingerprint density at radius 2 is 0.886 bits per heavy atom. The third-order valence-corrected chi connectivity index (χ3v) is 6.27. The Kier molecular flexibility index (Phi) is 20.4. The van der Waals surface area contributed by atoms with Crippen LogP contribution in [0.5, 0.6) is 0 Å². The molecule has 0 heterocycles. The molecule has 0 radical (unpaired) electrons. The van der Waals surface area contributed by atoms with E-state index < -0.39 is 0 Å². The van der Waals surface area contributed by atoms with E-state index in [1.807, 2.05) is 6.92 Å². The Hall–Kier alpha value is -1.80. The standard InChI is InChI=1S/C32H52ClNO/c1-26(2)14-10-17-29(5)20-11-18-27(3)15-8-9-16-28(4)19-12-21-30(6)22-13-23-31(7)25-34-32(35)24-33/h14-16,20-21,23H,8-13,17-19,22,24-25H2,1-7H3,(H,34,35)/b27-15+,28-16+,29-20+,30-21+,31-23+. The van der Waals surface area contributed by atoms with Crippen LogP contribution in [-0.2, 0) is 4.79 Å². The maximum Gasteiger partial charge on any atom is 0.235 e. The number of nitrogens with one attached hydrogen (secondary N) is 1. The van der Waals surface area contributed by atoms with Gasteiger partial charge in [-0.1, -0.05) is 69.9 Å². The van der Waals surface area contributed by atoms with E-state index >= 15 is 0 Å². The van der Waals surface area contributed by atoms with Crippen molar-refractivity contribution in [3.05, 3.63) is 69.9 Å². The molecule has 0 fully saturated rings. The number of hydrogen-bond acceptors (Lipinski definition) is 1. The van der Waals surface area contributed by atoms with Crippen LogP contribution in [0.25, 0.3) is 0 Å². The van der Waals surface area contributed by atoms with Gasteiger partial charge in [0.25, 0.3) is 0 Å². The van der Waals surface area contributed by atoms with Gasteiger partial charge in [-0.25, -0.2) is 0 Å². The molecular weight excluding hydrogens is 450 g/mol. The van der Waals surface area contributed by atoms with Crippen LogP contribution in [0.4, 0.5) is 0 Å². The van der Waals surface area contributed by atoms with Gasteiger partial charge >= 0.3 is 0 Å². The summed E-state index contributed by atoms with van der Waals surface area (Å²) in [5, 5.41) is 2.80. The van der Waals surface area contributed by atoms with Crippen molar-refractivity contribution in [2.45, 2.75) is 113 Å². The maximum absolute atomic E-state index is 11.2. The third-order valence-electron chi connectivity index (χ3n) is 6.02. The molecule has 0 saturated heterocycles. The summed E-state index contributed by atoms with van der Waals surface area (Å²) < 4.78 is 0. The number of unbranched alkanes of at least 4 members (excludes halogenated alkanes) is 1. The van der Waals surface area contributed by atoms with Gasteiger partial charge in [-0.05, 0) is 113 Å². The molecule has 0 saturated carbocycles. The quantitative estimate of drug-likeness (QED) is 0.113. The van der Waals surface area contributed by atoms with Gasteiger partial charge in [0.05, 0.1) is 0 Å². The minimum absolute atomic E-state index is 0.0223. The molecule has 0 spiro atoms. The second kappa shape index (κ2) is 21.5. The minimum atomic E-state index is -0.116. The second-order valence-corrected chi connectivity index (χ2v) is 10.4. The molecular formula is C32H52ClNO. The summed E-state index contributed by atoms with van der Waals surface area (Å²) in [7, 11) is 0. The van der Waals surface area contributed by atoms with Crippen molar-refractivity contribution in [2.75, 3.05) is 12.4 Å². The number of allylic oxidation sites excluding steroid dienone is 11. The van der Waals surface area contributed by atoms with Crippen LogP contribution in [0.15, 0.2) is 69.9 Å². The van der Waals surface area contributed by atoms with Gasteiger partial charge in [-0.2, -0.15) is 0 Å². The van der Waals surface area contributed by atoms with E-state index in [2.05, 4.69) is 83.3 Å². The monoisotopic (exact) mass is 501 g/mol. The molecule has 0 rings (SSSR count). The summed E-state index contributed by atoms with van der Waals surface area (Å²) >= 11 is 5.49. The first-order chi connectivity index (χ1) is 16.6. The summed E-state index contributed by atoms with van der Waals surface area (Å²) in [6.07, 6.45) is 25.4. The molecule has 2 nitrogen and oxygen atoms in total. The van der Waals surface area contributed by atoms with Gasteiger partial charge in [0.15, 0.2) is 0 Å². The lowest BCUT2D eigenvalue weighted by Crippen LogP contribution is -2.25. The molecule has 3 heteroatoms. The molecule has 0 aromatic carbocycles.